The minimum atomic E-state index is -3.79. The van der Waals surface area contributed by atoms with Crippen molar-refractivity contribution in [3.05, 3.63) is 113 Å². The number of nitrogens with one attached hydrogen (secondary N) is 2. The second-order valence-corrected chi connectivity index (χ2v) is 9.42. The molecule has 4 rings (SSSR count). The quantitative estimate of drug-likeness (QED) is 0.350. The molecular weight excluding hydrogens is 472 g/mol. The van der Waals surface area contributed by atoms with Crippen molar-refractivity contribution < 1.29 is 13.2 Å². The molecule has 4 aromatic rings. The van der Waals surface area contributed by atoms with Gasteiger partial charge in [-0.15, -0.1) is 0 Å². The summed E-state index contributed by atoms with van der Waals surface area (Å²) in [5.41, 5.74) is 2.79. The van der Waals surface area contributed by atoms with Crippen molar-refractivity contribution in [1.82, 2.24) is 15.1 Å². The third-order valence-corrected chi connectivity index (χ3v) is 6.57. The van der Waals surface area contributed by atoms with E-state index in [1.165, 1.54) is 18.2 Å². The molecule has 3 aromatic carbocycles. The van der Waals surface area contributed by atoms with Crippen molar-refractivity contribution in [2.75, 3.05) is 4.72 Å². The smallest absolute Gasteiger partial charge is 0.261 e. The second kappa shape index (κ2) is 10.4. The summed E-state index contributed by atoms with van der Waals surface area (Å²) >= 11 is 6.03. The molecule has 0 unspecified atom stereocenters. The van der Waals surface area contributed by atoms with Gasteiger partial charge in [-0.25, -0.2) is 13.1 Å². The molecule has 2 N–H and O–H groups in total. The first-order chi connectivity index (χ1) is 16.4. The van der Waals surface area contributed by atoms with Gasteiger partial charge >= 0.3 is 0 Å². The number of carbonyl (C=O) groups excluding carboxylic acids is 1. The summed E-state index contributed by atoms with van der Waals surface area (Å²) in [7, 11) is -3.79. The maximum atomic E-state index is 12.6. The van der Waals surface area contributed by atoms with Gasteiger partial charge in [0, 0.05) is 24.4 Å². The lowest BCUT2D eigenvalue weighted by atomic mass is 10.2. The van der Waals surface area contributed by atoms with Crippen molar-refractivity contribution in [2.24, 2.45) is 0 Å². The number of hydrogen-bond acceptors (Lipinski definition) is 4. The Kier molecular flexibility index (Phi) is 7.10. The van der Waals surface area contributed by atoms with E-state index in [1.54, 1.807) is 53.4 Å². The van der Waals surface area contributed by atoms with E-state index >= 15 is 0 Å². The predicted octanol–water partition coefficient (Wildman–Crippen LogP) is 4.66. The highest BCUT2D eigenvalue weighted by Crippen LogP contribution is 2.24. The van der Waals surface area contributed by atoms with Crippen LogP contribution in [0.1, 0.15) is 11.1 Å². The number of sulfonamides is 1. The van der Waals surface area contributed by atoms with E-state index in [0.717, 1.165) is 11.3 Å². The average Bonchev–Trinajstić information content (AvgIpc) is 3.33. The van der Waals surface area contributed by atoms with Gasteiger partial charge in [0.15, 0.2) is 0 Å². The molecule has 9 heteroatoms. The molecule has 172 valence electrons. The first-order valence-electron chi connectivity index (χ1n) is 10.3. The van der Waals surface area contributed by atoms with Gasteiger partial charge in [-0.1, -0.05) is 54.1 Å². The molecule has 0 atom stereocenters. The van der Waals surface area contributed by atoms with Gasteiger partial charge in [-0.05, 0) is 48.0 Å². The van der Waals surface area contributed by atoms with Crippen LogP contribution in [0.4, 0.5) is 5.69 Å². The van der Waals surface area contributed by atoms with Crippen LogP contribution in [0.3, 0.4) is 0 Å². The zero-order valence-electron chi connectivity index (χ0n) is 17.9. The Hall–Kier alpha value is -3.88. The Morgan fingerprint density at radius 2 is 1.68 bits per heavy atom. The van der Waals surface area contributed by atoms with Gasteiger partial charge in [0.2, 0.25) is 5.91 Å². The normalized spacial score (nSPS) is 11.4. The van der Waals surface area contributed by atoms with Crippen LogP contribution in [0.2, 0.25) is 5.02 Å². The molecule has 0 aliphatic heterocycles. The molecule has 1 aromatic heterocycles. The van der Waals surface area contributed by atoms with E-state index in [0.29, 0.717) is 22.8 Å². The fourth-order valence-corrected chi connectivity index (χ4v) is 4.42. The van der Waals surface area contributed by atoms with E-state index in [9.17, 15) is 13.2 Å². The number of hydrogen-bond donors (Lipinski definition) is 2. The Bertz CT molecular complexity index is 1420. The molecular formula is C25H21ClN4O3S. The monoisotopic (exact) mass is 492 g/mol. The Morgan fingerprint density at radius 3 is 2.41 bits per heavy atom. The number of halogens is 1. The maximum absolute atomic E-state index is 12.6. The SMILES string of the molecule is O=C(/C=C/c1ccc(S(=O)(=O)Nc2ccccc2Cl)cc1)NCc1cnn(-c2ccccc2)c1. The van der Waals surface area contributed by atoms with Crippen molar-refractivity contribution in [3.8, 4) is 5.69 Å². The van der Waals surface area contributed by atoms with Gasteiger partial charge in [0.1, 0.15) is 0 Å². The number of para-hydroxylation sites is 2. The highest BCUT2D eigenvalue weighted by atomic mass is 35.5. The van der Waals surface area contributed by atoms with Crippen LogP contribution >= 0.6 is 11.6 Å². The first kappa shape index (κ1) is 23.3. The summed E-state index contributed by atoms with van der Waals surface area (Å²) in [6, 6.07) is 22.5. The van der Waals surface area contributed by atoms with Gasteiger partial charge in [-0.3, -0.25) is 9.52 Å². The van der Waals surface area contributed by atoms with Gasteiger partial charge in [0.05, 0.1) is 27.5 Å². The van der Waals surface area contributed by atoms with E-state index in [2.05, 4.69) is 15.1 Å². The number of carbonyl (C=O) groups is 1. The lowest BCUT2D eigenvalue weighted by molar-refractivity contribution is -0.116. The predicted molar refractivity (Wildman–Crippen MR) is 133 cm³/mol. The number of anilines is 1. The molecule has 1 heterocycles. The lowest BCUT2D eigenvalue weighted by Gasteiger charge is -2.09. The first-order valence-corrected chi connectivity index (χ1v) is 12.2. The van der Waals surface area contributed by atoms with Crippen LogP contribution in [0.15, 0.2) is 102 Å². The molecule has 34 heavy (non-hydrogen) atoms. The van der Waals surface area contributed by atoms with Gasteiger partial charge in [0.25, 0.3) is 10.0 Å². The topological polar surface area (TPSA) is 93.1 Å². The van der Waals surface area contributed by atoms with Gasteiger partial charge < -0.3 is 5.32 Å². The zero-order chi connectivity index (χ0) is 24.0. The van der Waals surface area contributed by atoms with Crippen LogP contribution in [-0.2, 0) is 21.4 Å². The van der Waals surface area contributed by atoms with Crippen molar-refractivity contribution >= 4 is 39.3 Å². The standard InChI is InChI=1S/C25H21ClN4O3S/c26-23-8-4-5-9-24(23)29-34(32,33)22-13-10-19(11-14-22)12-15-25(31)27-16-20-17-28-30(18-20)21-6-2-1-3-7-21/h1-15,17-18,29H,16H2,(H,27,31)/b15-12+. The van der Waals surface area contributed by atoms with Crippen LogP contribution in [-0.4, -0.2) is 24.1 Å². The summed E-state index contributed by atoms with van der Waals surface area (Å²) < 4.78 is 29.4. The van der Waals surface area contributed by atoms with Crippen LogP contribution in [0.25, 0.3) is 11.8 Å². The molecule has 0 saturated carbocycles. The number of rotatable bonds is 8. The molecule has 1 amide bonds. The Balaban J connectivity index is 1.33. The molecule has 0 radical (unpaired) electrons. The van der Waals surface area contributed by atoms with Crippen molar-refractivity contribution in [3.63, 3.8) is 0 Å². The molecule has 0 bridgehead atoms. The molecule has 0 aliphatic carbocycles. The van der Waals surface area contributed by atoms with E-state index < -0.39 is 10.0 Å². The largest absolute Gasteiger partial charge is 0.348 e. The Labute approximate surface area is 202 Å². The average molecular weight is 493 g/mol. The molecule has 0 aliphatic rings. The summed E-state index contributed by atoms with van der Waals surface area (Å²) in [4.78, 5) is 12.3. The van der Waals surface area contributed by atoms with Crippen LogP contribution in [0.5, 0.6) is 0 Å². The maximum Gasteiger partial charge on any atom is 0.261 e. The highest BCUT2D eigenvalue weighted by Gasteiger charge is 2.15. The summed E-state index contributed by atoms with van der Waals surface area (Å²) in [5.74, 6) is -0.274. The summed E-state index contributed by atoms with van der Waals surface area (Å²) in [5, 5.41) is 7.42. The highest BCUT2D eigenvalue weighted by molar-refractivity contribution is 7.92. The van der Waals surface area contributed by atoms with Gasteiger partial charge in [-0.2, -0.15) is 5.10 Å². The second-order valence-electron chi connectivity index (χ2n) is 7.33. The van der Waals surface area contributed by atoms with E-state index in [4.69, 9.17) is 11.6 Å². The fourth-order valence-electron chi connectivity index (χ4n) is 3.10. The zero-order valence-corrected chi connectivity index (χ0v) is 19.5. The number of benzene rings is 3. The summed E-state index contributed by atoms with van der Waals surface area (Å²) in [6.07, 6.45) is 6.57. The molecule has 0 saturated heterocycles. The molecule has 7 nitrogen and oxygen atoms in total. The number of nitrogens with zero attached hydrogens (tertiary/aromatic N) is 2. The van der Waals surface area contributed by atoms with E-state index in [-0.39, 0.29) is 10.8 Å². The molecule has 0 spiro atoms. The minimum Gasteiger partial charge on any atom is -0.348 e. The number of amides is 1. The third-order valence-electron chi connectivity index (χ3n) is 4.86. The van der Waals surface area contributed by atoms with Crippen molar-refractivity contribution in [2.45, 2.75) is 11.4 Å². The Morgan fingerprint density at radius 1 is 0.971 bits per heavy atom. The minimum absolute atomic E-state index is 0.0875. The third kappa shape index (κ3) is 5.92. The van der Waals surface area contributed by atoms with Crippen molar-refractivity contribution in [1.29, 1.82) is 0 Å². The number of aromatic nitrogens is 2. The van der Waals surface area contributed by atoms with Crippen LogP contribution in [0, 0.1) is 0 Å². The molecule has 0 fully saturated rings. The van der Waals surface area contributed by atoms with E-state index in [1.807, 2.05) is 36.5 Å². The van der Waals surface area contributed by atoms with Crippen LogP contribution < -0.4 is 10.0 Å². The fraction of sp³-hybridized carbons (Fsp3) is 0.0400. The summed E-state index contributed by atoms with van der Waals surface area (Å²) in [6.45, 7) is 0.334. The lowest BCUT2D eigenvalue weighted by Crippen LogP contribution is -2.19.